The maximum atomic E-state index is 12.5. The number of hydrogen-bond donors (Lipinski definition) is 1. The molecule has 3 aromatic rings. The van der Waals surface area contributed by atoms with Crippen LogP contribution in [-0.4, -0.2) is 28.5 Å². The van der Waals surface area contributed by atoms with Crippen LogP contribution in [0.2, 0.25) is 5.02 Å². The van der Waals surface area contributed by atoms with E-state index in [9.17, 15) is 9.59 Å². The first kappa shape index (κ1) is 21.0. The van der Waals surface area contributed by atoms with Gasteiger partial charge in [-0.15, -0.1) is 0 Å². The number of ether oxygens (including phenoxy) is 2. The molecule has 2 aromatic heterocycles. The quantitative estimate of drug-likeness (QED) is 0.342. The van der Waals surface area contributed by atoms with Crippen molar-refractivity contribution in [3.8, 4) is 11.6 Å². The van der Waals surface area contributed by atoms with Crippen molar-refractivity contribution in [1.29, 1.82) is 0 Å². The number of carbonyl (C=O) groups is 2. The maximum absolute atomic E-state index is 12.5. The van der Waals surface area contributed by atoms with Crippen LogP contribution in [0, 0.1) is 6.92 Å². The van der Waals surface area contributed by atoms with Crippen molar-refractivity contribution < 1.29 is 19.1 Å². The fraction of sp³-hybridized carbons (Fsp3) is 0.0909. The second-order valence-corrected chi connectivity index (χ2v) is 6.55. The number of carbonyl (C=O) groups excluding carboxylic acids is 2. The number of hydrogen-bond acceptors (Lipinski definition) is 6. The number of esters is 1. The van der Waals surface area contributed by atoms with E-state index in [1.807, 2.05) is 0 Å². The summed E-state index contributed by atoms with van der Waals surface area (Å²) in [5.41, 5.74) is 1.57. The Morgan fingerprint density at radius 1 is 1.23 bits per heavy atom. The summed E-state index contributed by atoms with van der Waals surface area (Å²) < 4.78 is 10.8. The van der Waals surface area contributed by atoms with E-state index in [-0.39, 0.29) is 29.1 Å². The molecule has 1 N–H and O–H groups in total. The Morgan fingerprint density at radius 2 is 2.07 bits per heavy atom. The fourth-order valence-corrected chi connectivity index (χ4v) is 2.66. The van der Waals surface area contributed by atoms with Gasteiger partial charge in [-0.2, -0.15) is 0 Å². The zero-order valence-corrected chi connectivity index (χ0v) is 16.8. The molecule has 3 rings (SSSR count). The van der Waals surface area contributed by atoms with Gasteiger partial charge >= 0.3 is 5.97 Å². The molecule has 0 fully saturated rings. The molecule has 0 unspecified atom stereocenters. The zero-order valence-electron chi connectivity index (χ0n) is 16.1. The van der Waals surface area contributed by atoms with Crippen molar-refractivity contribution in [2.75, 3.05) is 11.9 Å². The lowest BCUT2D eigenvalue weighted by atomic mass is 10.2. The predicted molar refractivity (Wildman–Crippen MR) is 113 cm³/mol. The van der Waals surface area contributed by atoms with Crippen LogP contribution in [0.4, 0.5) is 5.69 Å². The number of aromatic nitrogens is 2. The fourth-order valence-electron chi connectivity index (χ4n) is 2.48. The van der Waals surface area contributed by atoms with Gasteiger partial charge in [0.2, 0.25) is 5.88 Å². The topological polar surface area (TPSA) is 90.4 Å². The first-order chi connectivity index (χ1) is 14.5. The van der Waals surface area contributed by atoms with Crippen molar-refractivity contribution in [2.24, 2.45) is 0 Å². The van der Waals surface area contributed by atoms with Crippen LogP contribution in [0.5, 0.6) is 11.6 Å². The lowest BCUT2D eigenvalue weighted by Crippen LogP contribution is -2.14. The lowest BCUT2D eigenvalue weighted by Gasteiger charge is -2.11. The van der Waals surface area contributed by atoms with Crippen LogP contribution in [0.1, 0.15) is 26.4 Å². The van der Waals surface area contributed by atoms with E-state index in [4.69, 9.17) is 21.1 Å². The first-order valence-corrected chi connectivity index (χ1v) is 9.30. The van der Waals surface area contributed by atoms with Gasteiger partial charge in [0.1, 0.15) is 12.4 Å². The number of benzene rings is 1. The smallest absolute Gasteiger partial charge is 0.364 e. The van der Waals surface area contributed by atoms with Crippen LogP contribution >= 0.6 is 11.6 Å². The molecule has 1 amide bonds. The molecule has 0 spiro atoms. The number of amides is 1. The molecule has 0 radical (unpaired) electrons. The Balaban J connectivity index is 1.72. The highest BCUT2D eigenvalue weighted by atomic mass is 35.5. The molecule has 0 saturated heterocycles. The van der Waals surface area contributed by atoms with E-state index < -0.39 is 5.97 Å². The first-order valence-electron chi connectivity index (χ1n) is 8.92. The normalized spacial score (nSPS) is 10.2. The minimum atomic E-state index is -0.723. The monoisotopic (exact) mass is 423 g/mol. The number of aryl methyl sites for hydroxylation is 1. The van der Waals surface area contributed by atoms with Crippen molar-refractivity contribution in [2.45, 2.75) is 6.92 Å². The van der Waals surface area contributed by atoms with Gasteiger partial charge in [0, 0.05) is 24.1 Å². The summed E-state index contributed by atoms with van der Waals surface area (Å²) >= 11 is 6.08. The average Bonchev–Trinajstić information content (AvgIpc) is 2.75. The summed E-state index contributed by atoms with van der Waals surface area (Å²) in [7, 11) is 0. The number of pyridine rings is 2. The number of nitrogens with one attached hydrogen (secondary N) is 1. The van der Waals surface area contributed by atoms with Crippen LogP contribution < -0.4 is 14.8 Å². The molecule has 7 nitrogen and oxygen atoms in total. The molecule has 1 aromatic carbocycles. The Morgan fingerprint density at radius 3 is 2.77 bits per heavy atom. The minimum Gasteiger partial charge on any atom is -0.473 e. The summed E-state index contributed by atoms with van der Waals surface area (Å²) in [5.74, 6) is -0.468. The Hall–Kier alpha value is -3.71. The van der Waals surface area contributed by atoms with E-state index >= 15 is 0 Å². The third-order valence-electron chi connectivity index (χ3n) is 3.92. The van der Waals surface area contributed by atoms with Crippen molar-refractivity contribution in [3.63, 3.8) is 0 Å². The van der Waals surface area contributed by atoms with E-state index in [2.05, 4.69) is 21.9 Å². The molecule has 30 heavy (non-hydrogen) atoms. The number of halogens is 1. The van der Waals surface area contributed by atoms with Crippen LogP contribution in [0.3, 0.4) is 0 Å². The van der Waals surface area contributed by atoms with Gasteiger partial charge < -0.3 is 14.8 Å². The van der Waals surface area contributed by atoms with Gasteiger partial charge in [0.25, 0.3) is 5.91 Å². The van der Waals surface area contributed by atoms with Gasteiger partial charge in [-0.05, 0) is 48.9 Å². The van der Waals surface area contributed by atoms with E-state index in [1.165, 1.54) is 12.3 Å². The van der Waals surface area contributed by atoms with Crippen LogP contribution in [-0.2, 0) is 0 Å². The summed E-state index contributed by atoms with van der Waals surface area (Å²) in [6, 6.07) is 11.3. The molecule has 0 aliphatic carbocycles. The average molecular weight is 424 g/mol. The Kier molecular flexibility index (Phi) is 6.77. The highest BCUT2D eigenvalue weighted by Crippen LogP contribution is 2.25. The van der Waals surface area contributed by atoms with E-state index in [1.54, 1.807) is 55.6 Å². The van der Waals surface area contributed by atoms with Gasteiger partial charge in [0.05, 0.1) is 10.6 Å². The predicted octanol–water partition coefficient (Wildman–Crippen LogP) is 4.47. The minimum absolute atomic E-state index is 0.0633. The van der Waals surface area contributed by atoms with Crippen LogP contribution in [0.25, 0.3) is 0 Å². The summed E-state index contributed by atoms with van der Waals surface area (Å²) in [5, 5.41) is 2.91. The maximum Gasteiger partial charge on any atom is 0.364 e. The van der Waals surface area contributed by atoms with Gasteiger partial charge in [-0.25, -0.2) is 9.78 Å². The molecule has 8 heteroatoms. The largest absolute Gasteiger partial charge is 0.473 e. The Bertz CT molecular complexity index is 1090. The molecule has 2 heterocycles. The highest BCUT2D eigenvalue weighted by molar-refractivity contribution is 6.33. The van der Waals surface area contributed by atoms with E-state index in [0.29, 0.717) is 22.6 Å². The highest BCUT2D eigenvalue weighted by Gasteiger charge is 2.18. The van der Waals surface area contributed by atoms with Crippen molar-refractivity contribution in [3.05, 3.63) is 89.4 Å². The standard InChI is InChI=1S/C22H18ClN3O4/c1-3-11-29-19-9-7-17(23)20(26-19)22(28)30-18-8-6-16(12-14(18)2)25-21(27)15-5-4-10-24-13-15/h3-10,12-13H,1,11H2,2H3,(H,25,27). The third kappa shape index (κ3) is 5.21. The second-order valence-electron chi connectivity index (χ2n) is 6.15. The number of nitrogens with zero attached hydrogens (tertiary/aromatic N) is 2. The zero-order chi connectivity index (χ0) is 21.5. The molecule has 0 aliphatic heterocycles. The summed E-state index contributed by atoms with van der Waals surface area (Å²) in [6.45, 7) is 5.55. The van der Waals surface area contributed by atoms with Crippen molar-refractivity contribution in [1.82, 2.24) is 9.97 Å². The van der Waals surface area contributed by atoms with Gasteiger partial charge in [-0.1, -0.05) is 24.3 Å². The SMILES string of the molecule is C=CCOc1ccc(Cl)c(C(=O)Oc2ccc(NC(=O)c3cccnc3)cc2C)n1. The summed E-state index contributed by atoms with van der Waals surface area (Å²) in [6.07, 6.45) is 4.63. The molecule has 0 aliphatic rings. The molecular weight excluding hydrogens is 406 g/mol. The number of rotatable bonds is 7. The van der Waals surface area contributed by atoms with Crippen molar-refractivity contribution >= 4 is 29.2 Å². The summed E-state index contributed by atoms with van der Waals surface area (Å²) in [4.78, 5) is 32.8. The van der Waals surface area contributed by atoms with Gasteiger partial charge in [0.15, 0.2) is 5.69 Å². The van der Waals surface area contributed by atoms with Crippen LogP contribution in [0.15, 0.2) is 67.5 Å². The lowest BCUT2D eigenvalue weighted by molar-refractivity contribution is 0.0726. The molecule has 0 bridgehead atoms. The molecule has 152 valence electrons. The second kappa shape index (κ2) is 9.67. The van der Waals surface area contributed by atoms with E-state index in [0.717, 1.165) is 0 Å². The van der Waals surface area contributed by atoms with Gasteiger partial charge in [-0.3, -0.25) is 9.78 Å². The number of anilines is 1. The molecular formula is C22H18ClN3O4. The third-order valence-corrected chi connectivity index (χ3v) is 4.23. The molecule has 0 atom stereocenters. The Labute approximate surface area is 178 Å². The molecule has 0 saturated carbocycles.